The van der Waals surface area contributed by atoms with Gasteiger partial charge in [-0.3, -0.25) is 14.2 Å². The molecule has 1 amide bonds. The van der Waals surface area contributed by atoms with E-state index in [-0.39, 0.29) is 15.2 Å². The lowest BCUT2D eigenvalue weighted by molar-refractivity contribution is 0.0960. The molecule has 0 radical (unpaired) electrons. The molecule has 1 atom stereocenters. The van der Waals surface area contributed by atoms with Gasteiger partial charge in [-0.15, -0.1) is 0 Å². The van der Waals surface area contributed by atoms with E-state index in [4.69, 9.17) is 11.6 Å². The first-order valence-corrected chi connectivity index (χ1v) is 6.83. The van der Waals surface area contributed by atoms with Gasteiger partial charge in [0.1, 0.15) is 17.7 Å². The summed E-state index contributed by atoms with van der Waals surface area (Å²) < 4.78 is 14.8. The van der Waals surface area contributed by atoms with Gasteiger partial charge in [0.05, 0.1) is 9.50 Å². The van der Waals surface area contributed by atoms with Gasteiger partial charge < -0.3 is 5.32 Å². The number of hydrogen-bond donors (Lipinski definition) is 1. The third-order valence-corrected chi connectivity index (χ3v) is 3.91. The first-order valence-electron chi connectivity index (χ1n) is 5.66. The van der Waals surface area contributed by atoms with Crippen LogP contribution in [0.5, 0.6) is 0 Å². The number of fused-ring (bicyclic) bond motifs is 1. The number of pyridine rings is 1. The van der Waals surface area contributed by atoms with Crippen LogP contribution in [-0.4, -0.2) is 10.5 Å². The van der Waals surface area contributed by atoms with Crippen LogP contribution in [0.4, 0.5) is 4.39 Å². The number of halogens is 3. The Kier molecular flexibility index (Phi) is 3.14. The second-order valence-corrected chi connectivity index (χ2v) is 5.56. The Morgan fingerprint density at radius 3 is 2.75 bits per heavy atom. The van der Waals surface area contributed by atoms with Gasteiger partial charge in [0.15, 0.2) is 0 Å². The topological polar surface area (TPSA) is 51.1 Å². The summed E-state index contributed by atoms with van der Waals surface area (Å²) in [7, 11) is 0. The van der Waals surface area contributed by atoms with Crippen LogP contribution >= 0.6 is 27.5 Å². The molecule has 7 heteroatoms. The van der Waals surface area contributed by atoms with Crippen LogP contribution in [0.15, 0.2) is 39.6 Å². The van der Waals surface area contributed by atoms with Crippen molar-refractivity contribution < 1.29 is 9.18 Å². The minimum absolute atomic E-state index is 0.0779. The van der Waals surface area contributed by atoms with E-state index in [2.05, 4.69) is 21.2 Å². The standard InChI is InChI=1S/C13H7BrClFN2O2/c14-8-5-9(15)10-12(19)17-11(18(10)13(8)20)6-2-1-3-7(16)4-6/h1-5,11H,(H,17,19). The van der Waals surface area contributed by atoms with Crippen LogP contribution in [-0.2, 0) is 0 Å². The summed E-state index contributed by atoms with van der Waals surface area (Å²) in [6, 6.07) is 7.08. The number of benzene rings is 1. The predicted molar refractivity (Wildman–Crippen MR) is 75.4 cm³/mol. The van der Waals surface area contributed by atoms with E-state index in [0.717, 1.165) is 0 Å². The highest BCUT2D eigenvalue weighted by molar-refractivity contribution is 9.10. The molecule has 0 saturated heterocycles. The van der Waals surface area contributed by atoms with Crippen molar-refractivity contribution in [3.63, 3.8) is 0 Å². The summed E-state index contributed by atoms with van der Waals surface area (Å²) in [4.78, 5) is 24.2. The zero-order valence-corrected chi connectivity index (χ0v) is 12.2. The number of hydrogen-bond acceptors (Lipinski definition) is 2. The smallest absolute Gasteiger partial charge is 0.271 e. The molecule has 0 spiro atoms. The van der Waals surface area contributed by atoms with E-state index in [0.29, 0.717) is 5.56 Å². The lowest BCUT2D eigenvalue weighted by Crippen LogP contribution is -2.28. The molecule has 4 nitrogen and oxygen atoms in total. The summed E-state index contributed by atoms with van der Waals surface area (Å²) in [5.41, 5.74) is 0.138. The average Bonchev–Trinajstić information content (AvgIpc) is 2.74. The van der Waals surface area contributed by atoms with Gasteiger partial charge in [0.2, 0.25) is 0 Å². The van der Waals surface area contributed by atoms with E-state index < -0.39 is 23.4 Å². The normalized spacial score (nSPS) is 16.9. The highest BCUT2D eigenvalue weighted by Gasteiger charge is 2.33. The van der Waals surface area contributed by atoms with E-state index in [1.54, 1.807) is 6.07 Å². The van der Waals surface area contributed by atoms with Crippen molar-refractivity contribution in [1.29, 1.82) is 0 Å². The number of nitrogens with one attached hydrogen (secondary N) is 1. The summed E-state index contributed by atoms with van der Waals surface area (Å²) in [6.45, 7) is 0. The molecule has 102 valence electrons. The second-order valence-electron chi connectivity index (χ2n) is 4.29. The third-order valence-electron chi connectivity index (χ3n) is 3.05. The zero-order chi connectivity index (χ0) is 14.4. The molecular weight excluding hydrogens is 351 g/mol. The quantitative estimate of drug-likeness (QED) is 0.853. The Hall–Kier alpha value is -1.66. The van der Waals surface area contributed by atoms with E-state index in [9.17, 15) is 14.0 Å². The van der Waals surface area contributed by atoms with Crippen LogP contribution in [0, 0.1) is 5.82 Å². The molecule has 3 rings (SSSR count). The maximum atomic E-state index is 13.3. The minimum atomic E-state index is -0.768. The Bertz CT molecular complexity index is 790. The molecule has 2 aromatic rings. The van der Waals surface area contributed by atoms with Gasteiger partial charge in [-0.1, -0.05) is 23.7 Å². The van der Waals surface area contributed by atoms with Crippen molar-refractivity contribution in [1.82, 2.24) is 9.88 Å². The molecule has 1 aliphatic heterocycles. The largest absolute Gasteiger partial charge is 0.326 e. The van der Waals surface area contributed by atoms with Crippen molar-refractivity contribution >= 4 is 33.4 Å². The fraction of sp³-hybridized carbons (Fsp3) is 0.0769. The average molecular weight is 358 g/mol. The highest BCUT2D eigenvalue weighted by Crippen LogP contribution is 2.28. The molecule has 1 unspecified atom stereocenters. The number of nitrogens with zero attached hydrogens (tertiary/aromatic N) is 1. The maximum absolute atomic E-state index is 13.3. The van der Waals surface area contributed by atoms with Crippen LogP contribution in [0.25, 0.3) is 0 Å². The highest BCUT2D eigenvalue weighted by atomic mass is 79.9. The Morgan fingerprint density at radius 2 is 2.05 bits per heavy atom. The lowest BCUT2D eigenvalue weighted by Gasteiger charge is -2.15. The van der Waals surface area contributed by atoms with Crippen LogP contribution in [0.2, 0.25) is 5.02 Å². The molecule has 1 aliphatic rings. The van der Waals surface area contributed by atoms with Crippen molar-refractivity contribution in [3.8, 4) is 0 Å². The second kappa shape index (κ2) is 4.71. The van der Waals surface area contributed by atoms with Gasteiger partial charge in [-0.2, -0.15) is 0 Å². The monoisotopic (exact) mass is 356 g/mol. The molecule has 0 bridgehead atoms. The predicted octanol–water partition coefficient (Wildman–Crippen LogP) is 2.69. The minimum Gasteiger partial charge on any atom is -0.326 e. The Balaban J connectivity index is 2.26. The van der Waals surface area contributed by atoms with Crippen molar-refractivity contribution in [2.75, 3.05) is 0 Å². The fourth-order valence-corrected chi connectivity index (χ4v) is 3.04. The number of amides is 1. The van der Waals surface area contributed by atoms with Gasteiger partial charge in [0.25, 0.3) is 11.5 Å². The van der Waals surface area contributed by atoms with Crippen LogP contribution in [0.1, 0.15) is 22.2 Å². The Labute approximate surface area is 126 Å². The van der Waals surface area contributed by atoms with Gasteiger partial charge in [-0.25, -0.2) is 4.39 Å². The number of aromatic nitrogens is 1. The summed E-state index contributed by atoms with van der Waals surface area (Å²) in [5, 5.41) is 2.78. The lowest BCUT2D eigenvalue weighted by atomic mass is 10.1. The molecule has 0 aliphatic carbocycles. The molecule has 0 saturated carbocycles. The van der Waals surface area contributed by atoms with Crippen LogP contribution in [0.3, 0.4) is 0 Å². The summed E-state index contributed by atoms with van der Waals surface area (Å²) in [5.74, 6) is -0.909. The Morgan fingerprint density at radius 1 is 1.30 bits per heavy atom. The molecule has 1 aromatic carbocycles. The number of carbonyl (C=O) groups is 1. The van der Waals surface area contributed by atoms with Crippen molar-refractivity contribution in [3.05, 3.63) is 67.3 Å². The van der Waals surface area contributed by atoms with Crippen molar-refractivity contribution in [2.24, 2.45) is 0 Å². The molecular formula is C13H7BrClFN2O2. The first-order chi connectivity index (χ1) is 9.49. The number of carbonyl (C=O) groups excluding carboxylic acids is 1. The van der Waals surface area contributed by atoms with Crippen LogP contribution < -0.4 is 10.9 Å². The van der Waals surface area contributed by atoms with E-state index in [1.165, 1.54) is 28.8 Å². The van der Waals surface area contributed by atoms with E-state index in [1.807, 2.05) is 0 Å². The zero-order valence-electron chi connectivity index (χ0n) is 9.86. The molecule has 20 heavy (non-hydrogen) atoms. The van der Waals surface area contributed by atoms with Gasteiger partial charge in [-0.05, 0) is 39.7 Å². The molecule has 1 N–H and O–H groups in total. The van der Waals surface area contributed by atoms with Crippen molar-refractivity contribution in [2.45, 2.75) is 6.17 Å². The fourth-order valence-electron chi connectivity index (χ4n) is 2.20. The maximum Gasteiger partial charge on any atom is 0.271 e. The molecule has 1 aromatic heterocycles. The molecule has 0 fully saturated rings. The third kappa shape index (κ3) is 1.96. The molecule has 2 heterocycles. The summed E-state index contributed by atoms with van der Waals surface area (Å²) >= 11 is 9.10. The van der Waals surface area contributed by atoms with Gasteiger partial charge >= 0.3 is 0 Å². The van der Waals surface area contributed by atoms with Gasteiger partial charge in [0, 0.05) is 0 Å². The van der Waals surface area contributed by atoms with E-state index >= 15 is 0 Å². The first kappa shape index (κ1) is 13.3. The number of rotatable bonds is 1. The summed E-state index contributed by atoms with van der Waals surface area (Å²) in [6.07, 6.45) is -0.768. The SMILES string of the molecule is O=C1NC(c2cccc(F)c2)n2c1c(Cl)cc(Br)c2=O.